The molecule has 0 saturated carbocycles. The molecule has 6 N–H and O–H groups in total. The molecule has 0 saturated heterocycles. The summed E-state index contributed by atoms with van der Waals surface area (Å²) in [4.78, 5) is 34.1. The maximum atomic E-state index is 10.5. The summed E-state index contributed by atoms with van der Waals surface area (Å²) in [6, 6.07) is 0. The SMILES string of the molecule is NCC(CP(=O)(O)O)CP(=O)(O)O. The second-order valence-corrected chi connectivity index (χ2v) is 6.19. The van der Waals surface area contributed by atoms with Crippen molar-refractivity contribution in [2.45, 2.75) is 0 Å². The van der Waals surface area contributed by atoms with Gasteiger partial charge < -0.3 is 25.3 Å². The van der Waals surface area contributed by atoms with Crippen molar-refractivity contribution in [2.24, 2.45) is 11.7 Å². The predicted molar refractivity (Wildman–Crippen MR) is 46.4 cm³/mol. The number of rotatable bonds is 5. The minimum Gasteiger partial charge on any atom is -0.330 e. The largest absolute Gasteiger partial charge is 0.330 e. The van der Waals surface area contributed by atoms with Crippen LogP contribution in [0.15, 0.2) is 0 Å². The van der Waals surface area contributed by atoms with E-state index in [4.69, 9.17) is 25.3 Å². The Hall–Kier alpha value is 0.260. The van der Waals surface area contributed by atoms with Crippen molar-refractivity contribution in [3.63, 3.8) is 0 Å². The first kappa shape index (κ1) is 13.3. The fraction of sp³-hybridized carbons (Fsp3) is 1.00. The average Bonchev–Trinajstić information content (AvgIpc) is 1.79. The molecule has 0 spiro atoms. The second-order valence-electron chi connectivity index (χ2n) is 2.80. The Morgan fingerprint density at radius 3 is 1.46 bits per heavy atom. The maximum Gasteiger partial charge on any atom is 0.325 e. The van der Waals surface area contributed by atoms with E-state index in [1.165, 1.54) is 0 Å². The van der Waals surface area contributed by atoms with Crippen LogP contribution in [0.2, 0.25) is 0 Å². The van der Waals surface area contributed by atoms with Gasteiger partial charge in [-0.05, 0) is 12.5 Å². The van der Waals surface area contributed by atoms with Gasteiger partial charge >= 0.3 is 15.2 Å². The molecule has 0 radical (unpaired) electrons. The van der Waals surface area contributed by atoms with Gasteiger partial charge in [0.25, 0.3) is 0 Å². The van der Waals surface area contributed by atoms with Crippen LogP contribution in [0.3, 0.4) is 0 Å². The van der Waals surface area contributed by atoms with Gasteiger partial charge in [0.2, 0.25) is 0 Å². The fourth-order valence-corrected chi connectivity index (χ4v) is 2.98. The smallest absolute Gasteiger partial charge is 0.325 e. The van der Waals surface area contributed by atoms with E-state index in [1.807, 2.05) is 0 Å². The molecule has 0 heterocycles. The van der Waals surface area contributed by atoms with E-state index in [0.717, 1.165) is 0 Å². The third kappa shape index (κ3) is 8.59. The Morgan fingerprint density at radius 1 is 1.00 bits per heavy atom. The third-order valence-corrected chi connectivity index (χ3v) is 3.31. The zero-order valence-corrected chi connectivity index (χ0v) is 8.56. The standard InChI is InChI=1S/C4H13NO6P2/c5-1-4(2-12(6,7)8)3-13(9,10)11/h4H,1-3,5H2,(H2,6,7,8)(H2,9,10,11). The fourth-order valence-electron chi connectivity index (χ4n) is 0.880. The lowest BCUT2D eigenvalue weighted by Gasteiger charge is -2.15. The molecule has 80 valence electrons. The highest BCUT2D eigenvalue weighted by Gasteiger charge is 2.26. The van der Waals surface area contributed by atoms with E-state index in [9.17, 15) is 9.13 Å². The molecule has 0 unspecified atom stereocenters. The Kier molecular flexibility index (Phi) is 4.76. The van der Waals surface area contributed by atoms with Crippen LogP contribution in [0.1, 0.15) is 0 Å². The molecule has 0 aromatic heterocycles. The highest BCUT2D eigenvalue weighted by atomic mass is 31.2. The summed E-state index contributed by atoms with van der Waals surface area (Å²) in [6.45, 7) is -0.157. The van der Waals surface area contributed by atoms with Crippen LogP contribution in [0, 0.1) is 5.92 Å². The maximum absolute atomic E-state index is 10.5. The van der Waals surface area contributed by atoms with Crippen molar-refractivity contribution in [3.05, 3.63) is 0 Å². The molecule has 0 aromatic carbocycles. The van der Waals surface area contributed by atoms with Crippen LogP contribution in [-0.4, -0.2) is 38.4 Å². The predicted octanol–water partition coefficient (Wildman–Crippen LogP) is -1.08. The third-order valence-electron chi connectivity index (χ3n) is 1.33. The van der Waals surface area contributed by atoms with Crippen LogP contribution in [0.25, 0.3) is 0 Å². The lowest BCUT2D eigenvalue weighted by atomic mass is 10.2. The molecule has 13 heavy (non-hydrogen) atoms. The molecule has 7 nitrogen and oxygen atoms in total. The molecule has 0 amide bonds. The quantitative estimate of drug-likeness (QED) is 0.380. The van der Waals surface area contributed by atoms with E-state index in [2.05, 4.69) is 0 Å². The van der Waals surface area contributed by atoms with E-state index < -0.39 is 33.4 Å². The Balaban J connectivity index is 4.22. The van der Waals surface area contributed by atoms with Crippen molar-refractivity contribution in [2.75, 3.05) is 18.9 Å². The number of hydrogen-bond acceptors (Lipinski definition) is 3. The summed E-state index contributed by atoms with van der Waals surface area (Å²) in [6.07, 6.45) is -1.18. The molecule has 0 bridgehead atoms. The normalized spacial score (nSPS) is 13.7. The first-order chi connectivity index (χ1) is 5.64. The molecule has 0 aliphatic rings. The molecular formula is C4H13NO6P2. The van der Waals surface area contributed by atoms with E-state index in [0.29, 0.717) is 0 Å². The van der Waals surface area contributed by atoms with Crippen LogP contribution in [0.5, 0.6) is 0 Å². The lowest BCUT2D eigenvalue weighted by molar-refractivity contribution is 0.352. The highest BCUT2D eigenvalue weighted by Crippen LogP contribution is 2.42. The second kappa shape index (κ2) is 4.66. The van der Waals surface area contributed by atoms with Gasteiger partial charge in [0.05, 0.1) is 12.3 Å². The summed E-state index contributed by atoms with van der Waals surface area (Å²) < 4.78 is 20.9. The van der Waals surface area contributed by atoms with Crippen LogP contribution in [-0.2, 0) is 9.13 Å². The minimum absolute atomic E-state index is 0.157. The number of nitrogens with two attached hydrogens (primary N) is 1. The lowest BCUT2D eigenvalue weighted by Crippen LogP contribution is -2.22. The molecule has 0 atom stereocenters. The molecule has 0 aromatic rings. The molecule has 0 aliphatic carbocycles. The molecule has 0 rings (SSSR count). The van der Waals surface area contributed by atoms with E-state index in [1.54, 1.807) is 0 Å². The van der Waals surface area contributed by atoms with Crippen LogP contribution >= 0.6 is 15.2 Å². The van der Waals surface area contributed by atoms with Crippen molar-refractivity contribution in [1.82, 2.24) is 0 Å². The van der Waals surface area contributed by atoms with Crippen molar-refractivity contribution >= 4 is 15.2 Å². The minimum atomic E-state index is -4.25. The van der Waals surface area contributed by atoms with Gasteiger partial charge in [-0.15, -0.1) is 0 Å². The van der Waals surface area contributed by atoms with Gasteiger partial charge in [0, 0.05) is 0 Å². The van der Waals surface area contributed by atoms with Gasteiger partial charge in [0.1, 0.15) is 0 Å². The Labute approximate surface area is 75.3 Å². The summed E-state index contributed by atoms with van der Waals surface area (Å²) in [5, 5.41) is 0. The summed E-state index contributed by atoms with van der Waals surface area (Å²) in [7, 11) is -8.50. The summed E-state index contributed by atoms with van der Waals surface area (Å²) >= 11 is 0. The van der Waals surface area contributed by atoms with Crippen LogP contribution < -0.4 is 5.73 Å². The van der Waals surface area contributed by atoms with Crippen LogP contribution in [0.4, 0.5) is 0 Å². The average molecular weight is 233 g/mol. The van der Waals surface area contributed by atoms with Gasteiger partial charge in [-0.25, -0.2) is 0 Å². The molecule has 0 aliphatic heterocycles. The van der Waals surface area contributed by atoms with Crippen molar-refractivity contribution in [3.8, 4) is 0 Å². The van der Waals surface area contributed by atoms with Gasteiger partial charge in [-0.2, -0.15) is 0 Å². The number of hydrogen-bond donors (Lipinski definition) is 5. The Bertz CT molecular complexity index is 219. The summed E-state index contributed by atoms with van der Waals surface area (Å²) in [5.74, 6) is -0.846. The van der Waals surface area contributed by atoms with Gasteiger partial charge in [0.15, 0.2) is 0 Å². The van der Waals surface area contributed by atoms with E-state index >= 15 is 0 Å². The molecule has 0 fully saturated rings. The first-order valence-electron chi connectivity index (χ1n) is 3.43. The zero-order chi connectivity index (χ0) is 10.7. The molecular weight excluding hydrogens is 220 g/mol. The topological polar surface area (TPSA) is 141 Å². The van der Waals surface area contributed by atoms with Gasteiger partial charge in [-0.3, -0.25) is 9.13 Å². The van der Waals surface area contributed by atoms with Crippen molar-refractivity contribution < 1.29 is 28.7 Å². The van der Waals surface area contributed by atoms with Crippen molar-refractivity contribution in [1.29, 1.82) is 0 Å². The first-order valence-corrected chi connectivity index (χ1v) is 7.03. The highest BCUT2D eigenvalue weighted by molar-refractivity contribution is 7.52. The summed E-state index contributed by atoms with van der Waals surface area (Å²) in [5.41, 5.74) is 5.10. The molecule has 9 heteroatoms. The zero-order valence-electron chi connectivity index (χ0n) is 6.78. The van der Waals surface area contributed by atoms with Gasteiger partial charge in [-0.1, -0.05) is 0 Å². The monoisotopic (exact) mass is 233 g/mol. The van der Waals surface area contributed by atoms with E-state index in [-0.39, 0.29) is 6.54 Å². The Morgan fingerprint density at radius 2 is 1.31 bits per heavy atom.